The first-order valence-corrected chi connectivity index (χ1v) is 12.8. The molecule has 2 aromatic heterocycles. The summed E-state index contributed by atoms with van der Waals surface area (Å²) >= 11 is 5.79. The highest BCUT2D eigenvalue weighted by atomic mass is 127. The number of para-hydroxylation sites is 1. The summed E-state index contributed by atoms with van der Waals surface area (Å²) in [4.78, 5) is 21.3. The lowest BCUT2D eigenvalue weighted by atomic mass is 10.0. The van der Waals surface area contributed by atoms with Gasteiger partial charge in [0.15, 0.2) is 0 Å². The van der Waals surface area contributed by atoms with Crippen LogP contribution in [0, 0.1) is 0 Å². The van der Waals surface area contributed by atoms with Crippen LogP contribution in [0.25, 0.3) is 20.8 Å². The molecule has 4 rings (SSSR count). The Hall–Kier alpha value is -1.03. The quantitative estimate of drug-likeness (QED) is 0.320. The van der Waals surface area contributed by atoms with Crippen LogP contribution in [0.5, 0.6) is 0 Å². The summed E-state index contributed by atoms with van der Waals surface area (Å²) in [6, 6.07) is 8.80. The zero-order valence-corrected chi connectivity index (χ0v) is 19.9. The van der Waals surface area contributed by atoms with Gasteiger partial charge in [0.05, 0.1) is 10.2 Å². The largest absolute Gasteiger partial charge is 0.317 e. The molecule has 0 saturated carbocycles. The fourth-order valence-corrected chi connectivity index (χ4v) is 6.36. The predicted octanol–water partition coefficient (Wildman–Crippen LogP) is 5.95. The molecule has 1 amide bonds. The Morgan fingerprint density at radius 1 is 1.32 bits per heavy atom. The number of anilines is 1. The third kappa shape index (κ3) is 4.13. The first kappa shape index (κ1) is 20.3. The Labute approximate surface area is 187 Å². The number of carbonyl (C=O) groups excluding carboxylic acids is 1. The summed E-state index contributed by atoms with van der Waals surface area (Å²) in [5.41, 5.74) is 3.57. The normalized spacial score (nSPS) is 14.6. The molecule has 3 heterocycles. The lowest BCUT2D eigenvalue weighted by molar-refractivity contribution is -0.116. The van der Waals surface area contributed by atoms with Gasteiger partial charge >= 0.3 is 0 Å². The number of fused-ring (bicyclic) bond motifs is 2. The van der Waals surface area contributed by atoms with E-state index >= 15 is 0 Å². The summed E-state index contributed by atoms with van der Waals surface area (Å²) in [5, 5.41) is 5.22. The first-order chi connectivity index (χ1) is 13.6. The Morgan fingerprint density at radius 3 is 2.89 bits per heavy atom. The maximum atomic E-state index is 12.5. The van der Waals surface area contributed by atoms with Crippen LogP contribution >= 0.6 is 45.3 Å². The van der Waals surface area contributed by atoms with E-state index in [0.29, 0.717) is 12.5 Å². The number of benzene rings is 1. The summed E-state index contributed by atoms with van der Waals surface area (Å²) < 4.78 is 2.19. The summed E-state index contributed by atoms with van der Waals surface area (Å²) in [7, 11) is 0. The van der Waals surface area contributed by atoms with E-state index in [1.165, 1.54) is 15.1 Å². The molecule has 28 heavy (non-hydrogen) atoms. The molecular formula is C21H24IN3OS2. The molecule has 1 aliphatic heterocycles. The average molecular weight is 525 g/mol. The first-order valence-electron chi connectivity index (χ1n) is 9.67. The molecule has 1 aliphatic rings. The average Bonchev–Trinajstić information content (AvgIpc) is 3.25. The summed E-state index contributed by atoms with van der Waals surface area (Å²) in [5.74, 6) is 0.110. The number of thiazole rings is 1. The van der Waals surface area contributed by atoms with Crippen molar-refractivity contribution in [2.24, 2.45) is 0 Å². The topological polar surface area (TPSA) is 45.2 Å². The molecule has 1 N–H and O–H groups in total. The predicted molar refractivity (Wildman–Crippen MR) is 129 cm³/mol. The van der Waals surface area contributed by atoms with Crippen LogP contribution < -0.4 is 5.32 Å². The highest BCUT2D eigenvalue weighted by Gasteiger charge is 2.28. The van der Waals surface area contributed by atoms with Crippen molar-refractivity contribution in [3.8, 4) is 10.6 Å². The van der Waals surface area contributed by atoms with Crippen molar-refractivity contribution in [2.75, 3.05) is 16.3 Å². The van der Waals surface area contributed by atoms with E-state index in [1.54, 1.807) is 22.7 Å². The zero-order chi connectivity index (χ0) is 19.7. The molecule has 4 nitrogen and oxygen atoms in total. The number of hydrogen-bond acceptors (Lipinski definition) is 5. The number of alkyl halides is 1. The van der Waals surface area contributed by atoms with E-state index in [9.17, 15) is 4.79 Å². The number of nitrogens with one attached hydrogen (secondary N) is 1. The number of nitrogens with zero attached hydrogens (tertiary/aromatic N) is 2. The van der Waals surface area contributed by atoms with E-state index < -0.39 is 0 Å². The van der Waals surface area contributed by atoms with Crippen LogP contribution in [0.4, 0.5) is 5.00 Å². The molecule has 0 aliphatic carbocycles. The van der Waals surface area contributed by atoms with Crippen LogP contribution in [-0.4, -0.2) is 32.8 Å². The second-order valence-corrected chi connectivity index (χ2v) is 10.6. The van der Waals surface area contributed by atoms with Crippen molar-refractivity contribution in [3.63, 3.8) is 0 Å². The van der Waals surface area contributed by atoms with Crippen LogP contribution in [0.3, 0.4) is 0 Å². The monoisotopic (exact) mass is 525 g/mol. The molecule has 3 aromatic rings. The molecule has 0 unspecified atom stereocenters. The lowest BCUT2D eigenvalue weighted by Gasteiger charge is -2.30. The van der Waals surface area contributed by atoms with Gasteiger partial charge in [-0.15, -0.1) is 22.7 Å². The van der Waals surface area contributed by atoms with Crippen molar-refractivity contribution >= 4 is 66.4 Å². The lowest BCUT2D eigenvalue weighted by Crippen LogP contribution is -2.35. The number of hydrogen-bond donors (Lipinski definition) is 1. The van der Waals surface area contributed by atoms with Crippen LogP contribution in [-0.2, 0) is 17.8 Å². The van der Waals surface area contributed by atoms with E-state index in [1.807, 2.05) is 6.07 Å². The minimum atomic E-state index is 0.110. The number of aromatic nitrogens is 1. The van der Waals surface area contributed by atoms with Gasteiger partial charge in [0, 0.05) is 40.4 Å². The van der Waals surface area contributed by atoms with Crippen LogP contribution in [0.1, 0.15) is 37.1 Å². The van der Waals surface area contributed by atoms with Crippen LogP contribution in [0.2, 0.25) is 0 Å². The van der Waals surface area contributed by atoms with Crippen molar-refractivity contribution in [2.45, 2.75) is 45.7 Å². The highest BCUT2D eigenvalue weighted by molar-refractivity contribution is 14.1. The van der Waals surface area contributed by atoms with E-state index in [0.717, 1.165) is 51.4 Å². The number of thiophene rings is 1. The van der Waals surface area contributed by atoms with Gasteiger partial charge < -0.3 is 5.32 Å². The third-order valence-electron chi connectivity index (χ3n) is 5.11. The van der Waals surface area contributed by atoms with E-state index in [2.05, 4.69) is 64.9 Å². The number of amides is 1. The fraction of sp³-hybridized carbons (Fsp3) is 0.429. The van der Waals surface area contributed by atoms with E-state index in [4.69, 9.17) is 4.98 Å². The van der Waals surface area contributed by atoms with E-state index in [-0.39, 0.29) is 5.91 Å². The molecular weight excluding hydrogens is 501 g/mol. The van der Waals surface area contributed by atoms with Gasteiger partial charge in [-0.05, 0) is 44.4 Å². The van der Waals surface area contributed by atoms with Gasteiger partial charge in [0.1, 0.15) is 10.0 Å². The molecule has 0 spiro atoms. The van der Waals surface area contributed by atoms with Crippen molar-refractivity contribution in [1.82, 2.24) is 9.88 Å². The van der Waals surface area contributed by atoms with Gasteiger partial charge in [-0.1, -0.05) is 34.7 Å². The van der Waals surface area contributed by atoms with Gasteiger partial charge in [0.25, 0.3) is 0 Å². The number of rotatable bonds is 6. The van der Waals surface area contributed by atoms with Crippen molar-refractivity contribution in [3.05, 3.63) is 34.7 Å². The molecule has 1 aromatic carbocycles. The Bertz CT molecular complexity index is 962. The summed E-state index contributed by atoms with van der Waals surface area (Å²) in [6.45, 7) is 6.51. The van der Waals surface area contributed by atoms with Crippen molar-refractivity contribution in [1.29, 1.82) is 0 Å². The summed E-state index contributed by atoms with van der Waals surface area (Å²) in [6.07, 6.45) is 2.50. The van der Waals surface area contributed by atoms with Gasteiger partial charge in [-0.3, -0.25) is 9.69 Å². The van der Waals surface area contributed by atoms with Crippen molar-refractivity contribution < 1.29 is 4.79 Å². The molecule has 0 atom stereocenters. The maximum Gasteiger partial charge on any atom is 0.225 e. The molecule has 7 heteroatoms. The molecule has 0 bridgehead atoms. The standard InChI is InChI=1S/C21H24IN3OS2/c1-13(2)25-11-9-14-17(12-25)28-21(24-18(26)8-5-10-22)19(14)20-23-15-6-3-4-7-16(15)27-20/h3-4,6-7,13H,5,8-12H2,1-2H3,(H,24,26). The minimum Gasteiger partial charge on any atom is -0.317 e. The number of halogens is 1. The SMILES string of the molecule is CC(C)N1CCc2c(sc(NC(=O)CCCI)c2-c2nc3ccccc3s2)C1. The third-order valence-corrected chi connectivity index (χ3v) is 8.06. The van der Waals surface area contributed by atoms with Gasteiger partial charge in [-0.25, -0.2) is 4.98 Å². The zero-order valence-electron chi connectivity index (χ0n) is 16.1. The highest BCUT2D eigenvalue weighted by Crippen LogP contribution is 2.45. The second-order valence-electron chi connectivity index (χ2n) is 7.35. The fourth-order valence-electron chi connectivity index (χ4n) is 3.57. The number of carbonyl (C=O) groups is 1. The Kier molecular flexibility index (Phi) is 6.34. The molecule has 0 saturated heterocycles. The van der Waals surface area contributed by atoms with Gasteiger partial charge in [-0.2, -0.15) is 0 Å². The molecule has 148 valence electrons. The molecule has 0 radical (unpaired) electrons. The van der Waals surface area contributed by atoms with Gasteiger partial charge in [0.2, 0.25) is 5.91 Å². The smallest absolute Gasteiger partial charge is 0.225 e. The Morgan fingerprint density at radius 2 is 2.14 bits per heavy atom. The second kappa shape index (κ2) is 8.77. The van der Waals surface area contributed by atoms with Crippen LogP contribution in [0.15, 0.2) is 24.3 Å². The maximum absolute atomic E-state index is 12.5. The minimum absolute atomic E-state index is 0.110. The molecule has 0 fully saturated rings. The Balaban J connectivity index is 1.75.